The molecule has 1 atom stereocenters. The van der Waals surface area contributed by atoms with Crippen molar-refractivity contribution < 1.29 is 9.47 Å². The first-order chi connectivity index (χ1) is 8.19. The van der Waals surface area contributed by atoms with Crippen LogP contribution < -0.4 is 5.32 Å². The highest BCUT2D eigenvalue weighted by Crippen LogP contribution is 2.12. The summed E-state index contributed by atoms with van der Waals surface area (Å²) in [6.07, 6.45) is 0.736. The van der Waals surface area contributed by atoms with Gasteiger partial charge in [-0.2, -0.15) is 0 Å². The Morgan fingerprint density at radius 2 is 2.18 bits per heavy atom. The van der Waals surface area contributed by atoms with Crippen LogP contribution in [0.5, 0.6) is 0 Å². The molecule has 1 unspecified atom stereocenters. The molecule has 0 saturated carbocycles. The third-order valence-corrected chi connectivity index (χ3v) is 2.45. The highest BCUT2D eigenvalue weighted by Gasteiger charge is 2.08. The molecule has 1 heterocycles. The molecule has 0 aliphatic heterocycles. The maximum absolute atomic E-state index is 5.89. The van der Waals surface area contributed by atoms with Crippen molar-refractivity contribution in [2.24, 2.45) is 0 Å². The Labute approximate surface area is 107 Å². The molecule has 0 aliphatic rings. The van der Waals surface area contributed by atoms with Gasteiger partial charge in [0.15, 0.2) is 0 Å². The fourth-order valence-corrected chi connectivity index (χ4v) is 1.53. The van der Waals surface area contributed by atoms with Gasteiger partial charge in [-0.1, -0.05) is 18.5 Å². The summed E-state index contributed by atoms with van der Waals surface area (Å²) >= 11 is 5.89. The molecule has 6 heteroatoms. The number of halogens is 1. The van der Waals surface area contributed by atoms with E-state index in [0.717, 1.165) is 12.2 Å². The molecule has 0 fully saturated rings. The average Bonchev–Trinajstić information content (AvgIpc) is 2.33. The third-order valence-electron chi connectivity index (χ3n) is 2.25. The molecule has 0 saturated heterocycles. The summed E-state index contributed by atoms with van der Waals surface area (Å²) < 4.78 is 10.3. The monoisotopic (exact) mass is 259 g/mol. The lowest BCUT2D eigenvalue weighted by atomic mass is 10.3. The number of hydrogen-bond acceptors (Lipinski definition) is 5. The first kappa shape index (κ1) is 14.2. The Bertz CT molecular complexity index is 349. The Morgan fingerprint density at radius 3 is 2.76 bits per heavy atom. The molecule has 0 amide bonds. The van der Waals surface area contributed by atoms with Gasteiger partial charge in [-0.05, 0) is 0 Å². The molecule has 0 aliphatic carbocycles. The number of aromatic nitrogens is 2. The van der Waals surface area contributed by atoms with E-state index in [9.17, 15) is 0 Å². The Morgan fingerprint density at radius 1 is 1.41 bits per heavy atom. The first-order valence-corrected chi connectivity index (χ1v) is 5.86. The van der Waals surface area contributed by atoms with Gasteiger partial charge in [0, 0.05) is 33.3 Å². The van der Waals surface area contributed by atoms with Crippen molar-refractivity contribution in [1.29, 1.82) is 0 Å². The lowest BCUT2D eigenvalue weighted by molar-refractivity contribution is 0.0365. The molecular formula is C11H18ClN3O2. The molecule has 1 N–H and O–H groups in total. The van der Waals surface area contributed by atoms with Gasteiger partial charge in [0.1, 0.15) is 16.8 Å². The second-order valence-electron chi connectivity index (χ2n) is 3.54. The van der Waals surface area contributed by atoms with E-state index >= 15 is 0 Å². The van der Waals surface area contributed by atoms with E-state index in [1.165, 1.54) is 0 Å². The Balaban J connectivity index is 2.58. The number of aryl methyl sites for hydroxylation is 1. The number of hydrogen-bond donors (Lipinski definition) is 1. The van der Waals surface area contributed by atoms with Crippen LogP contribution in [0.2, 0.25) is 5.15 Å². The highest BCUT2D eigenvalue weighted by atomic mass is 35.5. The summed E-state index contributed by atoms with van der Waals surface area (Å²) in [5.74, 6) is 1.43. The lowest BCUT2D eigenvalue weighted by Crippen LogP contribution is -2.27. The van der Waals surface area contributed by atoms with Crippen LogP contribution >= 0.6 is 11.6 Å². The minimum atomic E-state index is -0.0150. The number of rotatable bonds is 7. The van der Waals surface area contributed by atoms with Gasteiger partial charge in [-0.3, -0.25) is 0 Å². The third kappa shape index (κ3) is 4.85. The van der Waals surface area contributed by atoms with E-state index in [-0.39, 0.29) is 6.10 Å². The lowest BCUT2D eigenvalue weighted by Gasteiger charge is -2.15. The number of methoxy groups -OCH3 is 2. The van der Waals surface area contributed by atoms with Gasteiger partial charge in [-0.25, -0.2) is 9.97 Å². The van der Waals surface area contributed by atoms with Crippen molar-refractivity contribution in [3.05, 3.63) is 17.0 Å². The number of ether oxygens (including phenoxy) is 2. The zero-order valence-corrected chi connectivity index (χ0v) is 11.1. The Hall–Kier alpha value is -0.910. The smallest absolute Gasteiger partial charge is 0.134 e. The van der Waals surface area contributed by atoms with Crippen LogP contribution in [-0.2, 0) is 15.9 Å². The molecule has 17 heavy (non-hydrogen) atoms. The fraction of sp³-hybridized carbons (Fsp3) is 0.636. The summed E-state index contributed by atoms with van der Waals surface area (Å²) in [4.78, 5) is 8.41. The summed E-state index contributed by atoms with van der Waals surface area (Å²) in [5, 5.41) is 3.60. The number of nitrogens with one attached hydrogen (secondary N) is 1. The quantitative estimate of drug-likeness (QED) is 0.757. The van der Waals surface area contributed by atoms with E-state index in [1.54, 1.807) is 20.3 Å². The Kier molecular flexibility index (Phi) is 6.18. The van der Waals surface area contributed by atoms with Gasteiger partial charge >= 0.3 is 0 Å². The van der Waals surface area contributed by atoms with Gasteiger partial charge in [0.2, 0.25) is 0 Å². The first-order valence-electron chi connectivity index (χ1n) is 5.48. The van der Waals surface area contributed by atoms with E-state index in [4.69, 9.17) is 21.1 Å². The molecule has 0 spiro atoms. The van der Waals surface area contributed by atoms with E-state index in [0.29, 0.717) is 24.1 Å². The van der Waals surface area contributed by atoms with Crippen LogP contribution in [0.15, 0.2) is 6.07 Å². The van der Waals surface area contributed by atoms with Crippen LogP contribution in [0.1, 0.15) is 12.7 Å². The van der Waals surface area contributed by atoms with Gasteiger partial charge in [0.05, 0.1) is 12.7 Å². The molecule has 1 rings (SSSR count). The van der Waals surface area contributed by atoms with E-state index < -0.39 is 0 Å². The largest absolute Gasteiger partial charge is 0.382 e. The van der Waals surface area contributed by atoms with Gasteiger partial charge in [-0.15, -0.1) is 0 Å². The standard InChI is InChI=1S/C11H18ClN3O2/c1-4-10-14-9(12)5-11(15-10)13-6-8(17-3)7-16-2/h5,8H,4,6-7H2,1-3H3,(H,13,14,15). The molecule has 0 radical (unpaired) electrons. The predicted molar refractivity (Wildman–Crippen MR) is 67.6 cm³/mol. The average molecular weight is 260 g/mol. The van der Waals surface area contributed by atoms with Crippen molar-refractivity contribution >= 4 is 17.4 Å². The van der Waals surface area contributed by atoms with E-state index in [2.05, 4.69) is 15.3 Å². The molecular weight excluding hydrogens is 242 g/mol. The predicted octanol–water partition coefficient (Wildman–Crippen LogP) is 1.77. The zero-order valence-electron chi connectivity index (χ0n) is 10.4. The van der Waals surface area contributed by atoms with Crippen LogP contribution in [0.25, 0.3) is 0 Å². The maximum Gasteiger partial charge on any atom is 0.134 e. The minimum absolute atomic E-state index is 0.0150. The molecule has 96 valence electrons. The highest BCUT2D eigenvalue weighted by molar-refractivity contribution is 6.29. The number of anilines is 1. The topological polar surface area (TPSA) is 56.3 Å². The summed E-state index contributed by atoms with van der Waals surface area (Å²) in [6.45, 7) is 3.13. The maximum atomic E-state index is 5.89. The van der Waals surface area contributed by atoms with Crippen molar-refractivity contribution in [3.8, 4) is 0 Å². The van der Waals surface area contributed by atoms with Crippen molar-refractivity contribution in [2.75, 3.05) is 32.7 Å². The molecule has 5 nitrogen and oxygen atoms in total. The van der Waals surface area contributed by atoms with Gasteiger partial charge < -0.3 is 14.8 Å². The van der Waals surface area contributed by atoms with Crippen LogP contribution in [0.3, 0.4) is 0 Å². The summed E-state index contributed by atoms with van der Waals surface area (Å²) in [5.41, 5.74) is 0. The summed E-state index contributed by atoms with van der Waals surface area (Å²) in [6, 6.07) is 1.69. The van der Waals surface area contributed by atoms with Crippen molar-refractivity contribution in [3.63, 3.8) is 0 Å². The van der Waals surface area contributed by atoms with Crippen LogP contribution in [0.4, 0.5) is 5.82 Å². The molecule has 0 aromatic carbocycles. The second-order valence-corrected chi connectivity index (χ2v) is 3.93. The molecule has 1 aromatic heterocycles. The normalized spacial score (nSPS) is 12.5. The van der Waals surface area contributed by atoms with Crippen LogP contribution in [-0.4, -0.2) is 43.4 Å². The fourth-order valence-electron chi connectivity index (χ4n) is 1.33. The molecule has 1 aromatic rings. The summed E-state index contributed by atoms with van der Waals surface area (Å²) in [7, 11) is 3.29. The molecule has 0 bridgehead atoms. The number of nitrogens with zero attached hydrogens (tertiary/aromatic N) is 2. The van der Waals surface area contributed by atoms with Gasteiger partial charge in [0.25, 0.3) is 0 Å². The van der Waals surface area contributed by atoms with Crippen molar-refractivity contribution in [2.45, 2.75) is 19.4 Å². The SMILES string of the molecule is CCc1nc(Cl)cc(NCC(COC)OC)n1. The van der Waals surface area contributed by atoms with Crippen molar-refractivity contribution in [1.82, 2.24) is 9.97 Å². The van der Waals surface area contributed by atoms with Crippen LogP contribution in [0, 0.1) is 0 Å². The minimum Gasteiger partial charge on any atom is -0.382 e. The second kappa shape index (κ2) is 7.42. The zero-order chi connectivity index (χ0) is 12.7. The van der Waals surface area contributed by atoms with E-state index in [1.807, 2.05) is 6.92 Å².